The first kappa shape index (κ1) is 22.5. The third kappa shape index (κ3) is 4.30. The van der Waals surface area contributed by atoms with E-state index in [1.54, 1.807) is 23.1 Å². The molecule has 3 aliphatic heterocycles. The van der Waals surface area contributed by atoms with Gasteiger partial charge >= 0.3 is 6.09 Å². The monoisotopic (exact) mass is 446 g/mol. The van der Waals surface area contributed by atoms with E-state index in [1.807, 2.05) is 20.8 Å². The fraction of sp³-hybridized carbons (Fsp3) is 0.591. The minimum Gasteiger partial charge on any atom is -0.444 e. The molecule has 0 aromatic heterocycles. The number of piperidine rings is 1. The number of ether oxygens (including phenoxy) is 1. The predicted molar refractivity (Wildman–Crippen MR) is 115 cm³/mol. The number of rotatable bonds is 2. The first-order valence-electron chi connectivity index (χ1n) is 10.9. The highest BCUT2D eigenvalue weighted by Crippen LogP contribution is 2.32. The van der Waals surface area contributed by atoms with E-state index in [4.69, 9.17) is 4.74 Å². The predicted octanol–water partition coefficient (Wildman–Crippen LogP) is 0.729. The first-order chi connectivity index (χ1) is 15.0. The number of carbonyl (C=O) groups excluding carboxylic acids is 3. The van der Waals surface area contributed by atoms with Crippen molar-refractivity contribution in [3.05, 3.63) is 29.3 Å². The smallest absolute Gasteiger partial charge is 0.410 e. The number of aliphatic hydroxyl groups excluding tert-OH is 2. The van der Waals surface area contributed by atoms with Crippen molar-refractivity contribution in [3.63, 3.8) is 0 Å². The highest BCUT2D eigenvalue weighted by Gasteiger charge is 2.44. The standard InChI is InChI=1S/C22H30N4O6/c1-22(2,3)32-21(31)25-10-8-24(9-11-25)13-4-5-14-15(12-13)20(30)26(19(14)29)16-6-7-17(27)23-18(16)28/h4-5,12,16-18,23,27-28H,6-11H2,1-3H3. The molecule has 3 heterocycles. The van der Waals surface area contributed by atoms with Crippen molar-refractivity contribution in [2.75, 3.05) is 31.1 Å². The number of fused-ring (bicyclic) bond motifs is 1. The molecule has 1 aromatic rings. The average Bonchev–Trinajstić information content (AvgIpc) is 2.97. The molecule has 0 saturated carbocycles. The second-order valence-corrected chi connectivity index (χ2v) is 9.44. The minimum atomic E-state index is -1.18. The van der Waals surface area contributed by atoms with Gasteiger partial charge < -0.3 is 24.7 Å². The van der Waals surface area contributed by atoms with Crippen LogP contribution in [0.4, 0.5) is 10.5 Å². The van der Waals surface area contributed by atoms with Gasteiger partial charge in [-0.15, -0.1) is 0 Å². The van der Waals surface area contributed by atoms with Crippen LogP contribution < -0.4 is 10.2 Å². The fourth-order valence-electron chi connectivity index (χ4n) is 4.37. The second-order valence-electron chi connectivity index (χ2n) is 9.44. The Morgan fingerprint density at radius 2 is 1.69 bits per heavy atom. The molecule has 4 rings (SSSR count). The van der Waals surface area contributed by atoms with E-state index in [-0.39, 0.29) is 6.09 Å². The Morgan fingerprint density at radius 1 is 1.03 bits per heavy atom. The maximum atomic E-state index is 13.1. The molecule has 0 aliphatic carbocycles. The summed E-state index contributed by atoms with van der Waals surface area (Å²) in [6.45, 7) is 7.63. The topological polar surface area (TPSA) is 123 Å². The number of amides is 3. The lowest BCUT2D eigenvalue weighted by Gasteiger charge is -2.37. The van der Waals surface area contributed by atoms with E-state index in [9.17, 15) is 24.6 Å². The van der Waals surface area contributed by atoms with Gasteiger partial charge in [0.1, 0.15) is 18.1 Å². The third-order valence-corrected chi connectivity index (χ3v) is 5.99. The van der Waals surface area contributed by atoms with E-state index >= 15 is 0 Å². The van der Waals surface area contributed by atoms with E-state index in [2.05, 4.69) is 10.2 Å². The van der Waals surface area contributed by atoms with Crippen molar-refractivity contribution >= 4 is 23.6 Å². The van der Waals surface area contributed by atoms with Gasteiger partial charge in [0.05, 0.1) is 17.2 Å². The summed E-state index contributed by atoms with van der Waals surface area (Å²) in [6, 6.07) is 4.42. The van der Waals surface area contributed by atoms with Gasteiger partial charge in [-0.2, -0.15) is 0 Å². The van der Waals surface area contributed by atoms with Crippen molar-refractivity contribution in [3.8, 4) is 0 Å². The molecule has 174 valence electrons. The quantitative estimate of drug-likeness (QED) is 0.569. The van der Waals surface area contributed by atoms with Gasteiger partial charge in [0.2, 0.25) is 0 Å². The largest absolute Gasteiger partial charge is 0.444 e. The molecule has 3 atom stereocenters. The van der Waals surface area contributed by atoms with Gasteiger partial charge in [-0.05, 0) is 51.8 Å². The van der Waals surface area contributed by atoms with Crippen molar-refractivity contribution in [1.82, 2.24) is 15.1 Å². The normalized spacial score (nSPS) is 26.4. The maximum absolute atomic E-state index is 13.1. The third-order valence-electron chi connectivity index (χ3n) is 5.99. The Bertz CT molecular complexity index is 921. The van der Waals surface area contributed by atoms with E-state index in [0.29, 0.717) is 50.1 Å². The molecule has 0 radical (unpaired) electrons. The summed E-state index contributed by atoms with van der Waals surface area (Å²) in [7, 11) is 0. The molecule has 0 spiro atoms. The zero-order chi connectivity index (χ0) is 23.2. The molecule has 3 N–H and O–H groups in total. The Labute approximate surface area is 186 Å². The van der Waals surface area contributed by atoms with Gasteiger partial charge in [-0.25, -0.2) is 4.79 Å². The zero-order valence-corrected chi connectivity index (χ0v) is 18.6. The van der Waals surface area contributed by atoms with E-state index in [0.717, 1.165) is 10.6 Å². The summed E-state index contributed by atoms with van der Waals surface area (Å²) in [6.07, 6.45) is -1.72. The number of hydrogen-bond acceptors (Lipinski definition) is 8. The van der Waals surface area contributed by atoms with Crippen LogP contribution in [0.1, 0.15) is 54.3 Å². The van der Waals surface area contributed by atoms with Crippen LogP contribution in [-0.2, 0) is 4.74 Å². The number of piperazine rings is 1. The van der Waals surface area contributed by atoms with E-state index < -0.39 is 35.9 Å². The van der Waals surface area contributed by atoms with E-state index in [1.165, 1.54) is 0 Å². The van der Waals surface area contributed by atoms with Gasteiger partial charge in [0, 0.05) is 31.9 Å². The Hall–Kier alpha value is -2.69. The molecule has 10 nitrogen and oxygen atoms in total. The highest BCUT2D eigenvalue weighted by molar-refractivity contribution is 6.22. The van der Waals surface area contributed by atoms with Gasteiger partial charge in [-0.1, -0.05) is 0 Å². The van der Waals surface area contributed by atoms with Gasteiger partial charge in [0.15, 0.2) is 0 Å². The molecule has 32 heavy (non-hydrogen) atoms. The van der Waals surface area contributed by atoms with Crippen LogP contribution in [0.25, 0.3) is 0 Å². The Morgan fingerprint density at radius 3 is 2.31 bits per heavy atom. The zero-order valence-electron chi connectivity index (χ0n) is 18.6. The number of aliphatic hydroxyl groups is 2. The Balaban J connectivity index is 1.45. The van der Waals surface area contributed by atoms with Crippen molar-refractivity contribution in [2.24, 2.45) is 0 Å². The molecule has 3 unspecified atom stereocenters. The maximum Gasteiger partial charge on any atom is 0.410 e. The molecule has 10 heteroatoms. The summed E-state index contributed by atoms with van der Waals surface area (Å²) in [5.74, 6) is -0.880. The fourth-order valence-corrected chi connectivity index (χ4v) is 4.37. The van der Waals surface area contributed by atoms with Crippen LogP contribution >= 0.6 is 0 Å². The lowest BCUT2D eigenvalue weighted by atomic mass is 10.0. The summed E-state index contributed by atoms with van der Waals surface area (Å²) < 4.78 is 5.43. The first-order valence-corrected chi connectivity index (χ1v) is 10.9. The molecular weight excluding hydrogens is 416 g/mol. The SMILES string of the molecule is CC(C)(C)OC(=O)N1CCN(c2ccc3c(c2)C(=O)N(C2CCC(O)NC2O)C3=O)CC1. The summed E-state index contributed by atoms with van der Waals surface area (Å²) in [5, 5.41) is 22.5. The molecular formula is C22H30N4O6. The molecule has 2 saturated heterocycles. The summed E-state index contributed by atoms with van der Waals surface area (Å²) in [5.41, 5.74) is 0.866. The van der Waals surface area contributed by atoms with Crippen LogP contribution in [0.2, 0.25) is 0 Å². The minimum absolute atomic E-state index is 0.306. The van der Waals surface area contributed by atoms with Crippen LogP contribution in [0.3, 0.4) is 0 Å². The molecule has 0 bridgehead atoms. The number of carbonyl (C=O) groups is 3. The lowest BCUT2D eigenvalue weighted by molar-refractivity contribution is -0.0413. The van der Waals surface area contributed by atoms with Crippen LogP contribution in [0.5, 0.6) is 0 Å². The van der Waals surface area contributed by atoms with Gasteiger partial charge in [0.25, 0.3) is 11.8 Å². The lowest BCUT2D eigenvalue weighted by Crippen LogP contribution is -2.58. The molecule has 3 aliphatic rings. The number of anilines is 1. The second kappa shape index (κ2) is 8.34. The summed E-state index contributed by atoms with van der Waals surface area (Å²) in [4.78, 5) is 43.0. The van der Waals surface area contributed by atoms with Gasteiger partial charge in [-0.3, -0.25) is 19.8 Å². The Kier molecular flexibility index (Phi) is 5.87. The number of hydrogen-bond donors (Lipinski definition) is 3. The molecule has 1 aromatic carbocycles. The molecule has 3 amide bonds. The van der Waals surface area contributed by atoms with Crippen molar-refractivity contribution < 1.29 is 29.3 Å². The molecule has 2 fully saturated rings. The highest BCUT2D eigenvalue weighted by atomic mass is 16.6. The van der Waals surface area contributed by atoms with Crippen molar-refractivity contribution in [1.29, 1.82) is 0 Å². The average molecular weight is 447 g/mol. The number of nitrogens with zero attached hydrogens (tertiary/aromatic N) is 3. The summed E-state index contributed by atoms with van der Waals surface area (Å²) >= 11 is 0. The van der Waals surface area contributed by atoms with Crippen molar-refractivity contribution in [2.45, 2.75) is 57.7 Å². The van der Waals surface area contributed by atoms with Crippen LogP contribution in [-0.4, -0.2) is 88.2 Å². The number of nitrogens with one attached hydrogen (secondary N) is 1. The van der Waals surface area contributed by atoms with Crippen LogP contribution in [0, 0.1) is 0 Å². The number of imide groups is 1. The van der Waals surface area contributed by atoms with Crippen LogP contribution in [0.15, 0.2) is 18.2 Å². The number of benzene rings is 1.